The molecular weight excluding hydrogens is 258 g/mol. The molecule has 3 rings (SSSR count). The molecule has 0 amide bonds. The fraction of sp³-hybridized carbons (Fsp3) is 0.462. The van der Waals surface area contributed by atoms with Crippen LogP contribution in [0.25, 0.3) is 5.69 Å². The van der Waals surface area contributed by atoms with Crippen LogP contribution in [0.1, 0.15) is 25.2 Å². The Morgan fingerprint density at radius 1 is 1.25 bits per heavy atom. The van der Waals surface area contributed by atoms with Gasteiger partial charge in [0.1, 0.15) is 0 Å². The number of ether oxygens (including phenoxy) is 2. The molecule has 0 aliphatic carbocycles. The number of hydrogen-bond donors (Lipinski definition) is 1. The summed E-state index contributed by atoms with van der Waals surface area (Å²) in [4.78, 5) is 0. The smallest absolute Gasteiger partial charge is 0.173 e. The average molecular weight is 275 g/mol. The minimum Gasteiger partial charge on any atom is -0.490 e. The molecule has 0 radical (unpaired) electrons. The monoisotopic (exact) mass is 275 g/mol. The maximum Gasteiger partial charge on any atom is 0.173 e. The quantitative estimate of drug-likeness (QED) is 0.904. The lowest BCUT2D eigenvalue weighted by molar-refractivity contribution is 0.297. The Labute approximate surface area is 116 Å². The van der Waals surface area contributed by atoms with Gasteiger partial charge in [-0.15, -0.1) is 5.10 Å². The molecule has 0 spiro atoms. The topological polar surface area (TPSA) is 74.1 Å². The Balaban J connectivity index is 1.99. The van der Waals surface area contributed by atoms with Crippen molar-refractivity contribution in [2.45, 2.75) is 19.4 Å². The van der Waals surface area contributed by atoms with Gasteiger partial charge < -0.3 is 14.8 Å². The summed E-state index contributed by atoms with van der Waals surface area (Å²) in [5.41, 5.74) is 0.858. The van der Waals surface area contributed by atoms with Gasteiger partial charge in [-0.2, -0.15) is 4.68 Å². The minimum absolute atomic E-state index is 0.0565. The van der Waals surface area contributed by atoms with Crippen LogP contribution < -0.4 is 14.8 Å². The van der Waals surface area contributed by atoms with Crippen molar-refractivity contribution >= 4 is 0 Å². The Morgan fingerprint density at radius 2 is 2.05 bits per heavy atom. The molecule has 2 aromatic rings. The van der Waals surface area contributed by atoms with E-state index in [0.29, 0.717) is 13.2 Å². The molecule has 0 fully saturated rings. The van der Waals surface area contributed by atoms with Gasteiger partial charge in [-0.05, 0) is 36.5 Å². The summed E-state index contributed by atoms with van der Waals surface area (Å²) in [5.74, 6) is 2.25. The number of nitrogens with one attached hydrogen (secondary N) is 1. The standard InChI is InChI=1S/C13H17N5O2/c1-9(14-2)13-15-16-17-18(13)10-4-5-11-12(8-10)20-7-3-6-19-11/h4-5,8-9,14H,3,6-7H2,1-2H3. The van der Waals surface area contributed by atoms with Crippen LogP contribution in [0.3, 0.4) is 0 Å². The highest BCUT2D eigenvalue weighted by molar-refractivity contribution is 5.49. The van der Waals surface area contributed by atoms with E-state index >= 15 is 0 Å². The number of tetrazole rings is 1. The third kappa shape index (κ3) is 2.32. The number of fused-ring (bicyclic) bond motifs is 1. The lowest BCUT2D eigenvalue weighted by atomic mass is 10.2. The second-order valence-electron chi connectivity index (χ2n) is 4.64. The van der Waals surface area contributed by atoms with Crippen molar-refractivity contribution in [1.82, 2.24) is 25.5 Å². The van der Waals surface area contributed by atoms with Crippen LogP contribution in [0.4, 0.5) is 0 Å². The van der Waals surface area contributed by atoms with Gasteiger partial charge in [-0.3, -0.25) is 0 Å². The van der Waals surface area contributed by atoms with Crippen LogP contribution in [0, 0.1) is 0 Å². The van der Waals surface area contributed by atoms with Gasteiger partial charge in [-0.25, -0.2) is 0 Å². The fourth-order valence-electron chi connectivity index (χ4n) is 2.06. The van der Waals surface area contributed by atoms with Gasteiger partial charge in [-0.1, -0.05) is 0 Å². The fourth-order valence-corrected chi connectivity index (χ4v) is 2.06. The van der Waals surface area contributed by atoms with E-state index in [4.69, 9.17) is 9.47 Å². The van der Waals surface area contributed by atoms with Crippen molar-refractivity contribution in [3.63, 3.8) is 0 Å². The summed E-state index contributed by atoms with van der Waals surface area (Å²) < 4.78 is 13.0. The predicted molar refractivity (Wildman–Crippen MR) is 72.2 cm³/mol. The average Bonchev–Trinajstić information content (AvgIpc) is 2.85. The highest BCUT2D eigenvalue weighted by Gasteiger charge is 2.17. The summed E-state index contributed by atoms with van der Waals surface area (Å²) in [7, 11) is 1.87. The Morgan fingerprint density at radius 3 is 2.85 bits per heavy atom. The van der Waals surface area contributed by atoms with Crippen molar-refractivity contribution in [3.05, 3.63) is 24.0 Å². The minimum atomic E-state index is 0.0565. The summed E-state index contributed by atoms with van der Waals surface area (Å²) in [6.07, 6.45) is 0.886. The summed E-state index contributed by atoms with van der Waals surface area (Å²) in [5, 5.41) is 15.0. The molecule has 1 aromatic heterocycles. The first-order valence-corrected chi connectivity index (χ1v) is 6.65. The molecule has 1 aliphatic heterocycles. The normalized spacial score (nSPS) is 15.7. The molecular formula is C13H17N5O2. The third-order valence-corrected chi connectivity index (χ3v) is 3.29. The largest absolute Gasteiger partial charge is 0.490 e. The highest BCUT2D eigenvalue weighted by atomic mass is 16.5. The number of hydrogen-bond acceptors (Lipinski definition) is 6. The second kappa shape index (κ2) is 5.46. The SMILES string of the molecule is CNC(C)c1nnnn1-c1ccc2c(c1)OCCCO2. The molecule has 20 heavy (non-hydrogen) atoms. The number of rotatable bonds is 3. The van der Waals surface area contributed by atoms with Crippen LogP contribution in [-0.2, 0) is 0 Å². The van der Waals surface area contributed by atoms with Gasteiger partial charge in [0.05, 0.1) is 24.9 Å². The summed E-state index contributed by atoms with van der Waals surface area (Å²) in [6, 6.07) is 5.78. The van der Waals surface area contributed by atoms with E-state index in [-0.39, 0.29) is 6.04 Å². The van der Waals surface area contributed by atoms with E-state index < -0.39 is 0 Å². The molecule has 1 aromatic carbocycles. The van der Waals surface area contributed by atoms with E-state index in [9.17, 15) is 0 Å². The van der Waals surface area contributed by atoms with Crippen LogP contribution in [0.2, 0.25) is 0 Å². The van der Waals surface area contributed by atoms with E-state index in [1.54, 1.807) is 4.68 Å². The van der Waals surface area contributed by atoms with Crippen molar-refractivity contribution in [2.24, 2.45) is 0 Å². The van der Waals surface area contributed by atoms with Gasteiger partial charge in [0.2, 0.25) is 0 Å². The van der Waals surface area contributed by atoms with E-state index in [0.717, 1.165) is 29.4 Å². The van der Waals surface area contributed by atoms with Crippen LogP contribution in [-0.4, -0.2) is 40.5 Å². The molecule has 0 saturated carbocycles. The van der Waals surface area contributed by atoms with Crippen molar-refractivity contribution in [2.75, 3.05) is 20.3 Å². The highest BCUT2D eigenvalue weighted by Crippen LogP contribution is 2.31. The molecule has 0 bridgehead atoms. The molecule has 2 heterocycles. The van der Waals surface area contributed by atoms with E-state index in [2.05, 4.69) is 20.8 Å². The number of benzene rings is 1. The molecule has 0 saturated heterocycles. The van der Waals surface area contributed by atoms with Gasteiger partial charge in [0.15, 0.2) is 17.3 Å². The van der Waals surface area contributed by atoms with E-state index in [1.807, 2.05) is 32.2 Å². The lowest BCUT2D eigenvalue weighted by Crippen LogP contribution is -2.17. The van der Waals surface area contributed by atoms with Gasteiger partial charge in [0.25, 0.3) is 0 Å². The zero-order chi connectivity index (χ0) is 13.9. The molecule has 106 valence electrons. The molecule has 1 atom stereocenters. The third-order valence-electron chi connectivity index (χ3n) is 3.29. The maximum absolute atomic E-state index is 5.69. The van der Waals surface area contributed by atoms with Crippen LogP contribution in [0.15, 0.2) is 18.2 Å². The van der Waals surface area contributed by atoms with E-state index in [1.165, 1.54) is 0 Å². The maximum atomic E-state index is 5.69. The van der Waals surface area contributed by atoms with Crippen LogP contribution >= 0.6 is 0 Å². The first-order chi connectivity index (χ1) is 9.79. The van der Waals surface area contributed by atoms with Crippen molar-refractivity contribution < 1.29 is 9.47 Å². The molecule has 1 unspecified atom stereocenters. The summed E-state index contributed by atoms with van der Waals surface area (Å²) >= 11 is 0. The molecule has 1 aliphatic rings. The van der Waals surface area contributed by atoms with Crippen molar-refractivity contribution in [1.29, 1.82) is 0 Å². The van der Waals surface area contributed by atoms with Crippen LogP contribution in [0.5, 0.6) is 11.5 Å². The van der Waals surface area contributed by atoms with Gasteiger partial charge >= 0.3 is 0 Å². The molecule has 1 N–H and O–H groups in total. The Bertz CT molecular complexity index is 598. The zero-order valence-electron chi connectivity index (χ0n) is 11.5. The predicted octanol–water partition coefficient (Wildman–Crippen LogP) is 1.10. The molecule has 7 nitrogen and oxygen atoms in total. The Hall–Kier alpha value is -2.15. The first-order valence-electron chi connectivity index (χ1n) is 6.65. The number of aromatic nitrogens is 4. The first kappa shape index (κ1) is 12.9. The zero-order valence-corrected chi connectivity index (χ0v) is 11.5. The van der Waals surface area contributed by atoms with Gasteiger partial charge in [0, 0.05) is 12.5 Å². The van der Waals surface area contributed by atoms with Crippen molar-refractivity contribution in [3.8, 4) is 17.2 Å². The second-order valence-corrected chi connectivity index (χ2v) is 4.64. The number of nitrogens with zero attached hydrogens (tertiary/aromatic N) is 4. The lowest BCUT2D eigenvalue weighted by Gasteiger charge is -2.12. The summed E-state index contributed by atoms with van der Waals surface area (Å²) in [6.45, 7) is 3.34. The Kier molecular flexibility index (Phi) is 3.51. The molecule has 7 heteroatoms.